The molecule has 1 atom stereocenters. The summed E-state index contributed by atoms with van der Waals surface area (Å²) in [5.74, 6) is -20.8. The Bertz CT molecular complexity index is 479. The molecular formula is C8H8F9NaO3S. The molecule has 0 saturated carbocycles. The van der Waals surface area contributed by atoms with Gasteiger partial charge in [-0.05, 0) is 6.42 Å². The van der Waals surface area contributed by atoms with E-state index in [1.54, 1.807) is 0 Å². The maximum absolute atomic E-state index is 13.0. The molecule has 0 heterocycles. The van der Waals surface area contributed by atoms with E-state index in [9.17, 15) is 52.5 Å². The van der Waals surface area contributed by atoms with Crippen molar-refractivity contribution in [2.75, 3.05) is 0 Å². The van der Waals surface area contributed by atoms with Crippen molar-refractivity contribution in [3.63, 3.8) is 0 Å². The fraction of sp³-hybridized carbons (Fsp3) is 1.00. The zero-order chi connectivity index (χ0) is 17.5. The van der Waals surface area contributed by atoms with Crippen molar-refractivity contribution < 1.29 is 82.0 Å². The van der Waals surface area contributed by atoms with Crippen LogP contribution in [0, 0.1) is 0 Å². The Kier molecular flexibility index (Phi) is 7.84. The van der Waals surface area contributed by atoms with Gasteiger partial charge in [-0.15, -0.1) is 0 Å². The summed E-state index contributed by atoms with van der Waals surface area (Å²) in [6, 6.07) is 0. The standard InChI is InChI=1S/C8H9F9O3S.Na/c1-2-3-4(9)5(10,11)6(12,13)7(14,15)8(16,17)21(18,19)20;/h4H,2-3H2,1H3,(H,18,19,20);/q;+1/p-1. The fourth-order valence-electron chi connectivity index (χ4n) is 1.18. The van der Waals surface area contributed by atoms with E-state index in [0.29, 0.717) is 0 Å². The number of alkyl halides is 9. The summed E-state index contributed by atoms with van der Waals surface area (Å²) in [5.41, 5.74) is 0. The molecule has 0 aliphatic heterocycles. The molecule has 0 aliphatic rings. The minimum atomic E-state index is -7.41. The molecule has 128 valence electrons. The van der Waals surface area contributed by atoms with Crippen LogP contribution in [0.3, 0.4) is 0 Å². The second-order valence-electron chi connectivity index (χ2n) is 4.00. The molecule has 0 aromatic carbocycles. The van der Waals surface area contributed by atoms with Crippen LogP contribution >= 0.6 is 0 Å². The van der Waals surface area contributed by atoms with E-state index >= 15 is 0 Å². The summed E-state index contributed by atoms with van der Waals surface area (Å²) < 4.78 is 145. The molecule has 3 nitrogen and oxygen atoms in total. The van der Waals surface area contributed by atoms with E-state index < -0.39 is 52.2 Å². The third kappa shape index (κ3) is 3.68. The van der Waals surface area contributed by atoms with Crippen LogP contribution in [0.2, 0.25) is 0 Å². The van der Waals surface area contributed by atoms with Crippen LogP contribution in [-0.2, 0) is 10.1 Å². The van der Waals surface area contributed by atoms with Gasteiger partial charge in [-0.25, -0.2) is 12.8 Å². The van der Waals surface area contributed by atoms with Crippen molar-refractivity contribution in [2.45, 2.75) is 49.0 Å². The number of hydrogen-bond donors (Lipinski definition) is 0. The average Bonchev–Trinajstić information content (AvgIpc) is 2.26. The van der Waals surface area contributed by atoms with Crippen LogP contribution in [0.15, 0.2) is 0 Å². The van der Waals surface area contributed by atoms with Crippen LogP contribution in [0.5, 0.6) is 0 Å². The molecule has 0 spiro atoms. The van der Waals surface area contributed by atoms with Crippen molar-refractivity contribution in [1.82, 2.24) is 0 Å². The van der Waals surface area contributed by atoms with Gasteiger partial charge in [0, 0.05) is 0 Å². The molecule has 0 bridgehead atoms. The minimum absolute atomic E-state index is 0. The third-order valence-corrected chi connectivity index (χ3v) is 3.31. The molecule has 0 rings (SSSR count). The molecule has 14 heteroatoms. The topological polar surface area (TPSA) is 57.2 Å². The van der Waals surface area contributed by atoms with Crippen LogP contribution in [-0.4, -0.2) is 42.2 Å². The van der Waals surface area contributed by atoms with E-state index in [1.807, 2.05) is 0 Å². The van der Waals surface area contributed by atoms with Crippen LogP contribution in [0.25, 0.3) is 0 Å². The Hall–Kier alpha value is 0.280. The summed E-state index contributed by atoms with van der Waals surface area (Å²) in [6.07, 6.45) is -5.85. The molecule has 0 fully saturated rings. The minimum Gasteiger partial charge on any atom is -0.743 e. The number of hydrogen-bond acceptors (Lipinski definition) is 3. The van der Waals surface area contributed by atoms with Gasteiger partial charge in [0.15, 0.2) is 16.3 Å². The zero-order valence-corrected chi connectivity index (χ0v) is 13.8. The summed E-state index contributed by atoms with van der Waals surface area (Å²) in [6.45, 7) is 1.01. The molecule has 0 N–H and O–H groups in total. The summed E-state index contributed by atoms with van der Waals surface area (Å²) in [7, 11) is -7.41. The van der Waals surface area contributed by atoms with Gasteiger partial charge >= 0.3 is 52.6 Å². The quantitative estimate of drug-likeness (QED) is 0.361. The first-order valence-electron chi connectivity index (χ1n) is 5.09. The zero-order valence-electron chi connectivity index (χ0n) is 11.0. The monoisotopic (exact) mass is 378 g/mol. The van der Waals surface area contributed by atoms with Crippen molar-refractivity contribution in [3.8, 4) is 0 Å². The van der Waals surface area contributed by atoms with E-state index in [1.165, 1.54) is 0 Å². The first kappa shape index (κ1) is 24.5. The van der Waals surface area contributed by atoms with Gasteiger partial charge in [-0.2, -0.15) is 35.1 Å². The predicted molar refractivity (Wildman–Crippen MR) is 49.3 cm³/mol. The van der Waals surface area contributed by atoms with Gasteiger partial charge in [-0.3, -0.25) is 0 Å². The second kappa shape index (κ2) is 7.03. The molecule has 0 aromatic heterocycles. The maximum atomic E-state index is 13.0. The van der Waals surface area contributed by atoms with Gasteiger partial charge in [0.2, 0.25) is 0 Å². The Morgan fingerprint density at radius 1 is 0.955 bits per heavy atom. The van der Waals surface area contributed by atoms with Gasteiger partial charge < -0.3 is 4.55 Å². The Labute approximate surface area is 141 Å². The van der Waals surface area contributed by atoms with Crippen LogP contribution in [0.1, 0.15) is 19.8 Å². The Morgan fingerprint density at radius 2 is 1.32 bits per heavy atom. The van der Waals surface area contributed by atoms with Crippen LogP contribution < -0.4 is 29.6 Å². The Balaban J connectivity index is 0. The van der Waals surface area contributed by atoms with E-state index in [2.05, 4.69) is 0 Å². The summed E-state index contributed by atoms with van der Waals surface area (Å²) in [4.78, 5) is 0. The third-order valence-electron chi connectivity index (χ3n) is 2.43. The van der Waals surface area contributed by atoms with Crippen molar-refractivity contribution in [3.05, 3.63) is 0 Å². The Morgan fingerprint density at radius 3 is 1.59 bits per heavy atom. The average molecular weight is 378 g/mol. The molecular weight excluding hydrogens is 370 g/mol. The number of rotatable bonds is 7. The summed E-state index contributed by atoms with van der Waals surface area (Å²) >= 11 is 0. The van der Waals surface area contributed by atoms with Crippen molar-refractivity contribution >= 4 is 10.1 Å². The smallest absolute Gasteiger partial charge is 0.743 e. The fourth-order valence-corrected chi connectivity index (χ4v) is 1.62. The molecule has 0 amide bonds. The van der Waals surface area contributed by atoms with Crippen molar-refractivity contribution in [2.24, 2.45) is 0 Å². The van der Waals surface area contributed by atoms with Gasteiger partial charge in [0.1, 0.15) is 0 Å². The van der Waals surface area contributed by atoms with Gasteiger partial charge in [0.25, 0.3) is 0 Å². The van der Waals surface area contributed by atoms with Gasteiger partial charge in [0.05, 0.1) is 0 Å². The second-order valence-corrected chi connectivity index (χ2v) is 5.42. The van der Waals surface area contributed by atoms with E-state index in [-0.39, 0.29) is 29.6 Å². The molecule has 22 heavy (non-hydrogen) atoms. The molecule has 0 aliphatic carbocycles. The maximum Gasteiger partial charge on any atom is 1.00 e. The first-order chi connectivity index (χ1) is 8.98. The van der Waals surface area contributed by atoms with E-state index in [0.717, 1.165) is 6.92 Å². The number of halogens is 9. The molecule has 1 unspecified atom stereocenters. The van der Waals surface area contributed by atoms with Crippen molar-refractivity contribution in [1.29, 1.82) is 0 Å². The van der Waals surface area contributed by atoms with Crippen LogP contribution in [0.4, 0.5) is 39.5 Å². The van der Waals surface area contributed by atoms with Gasteiger partial charge in [-0.1, -0.05) is 13.3 Å². The summed E-state index contributed by atoms with van der Waals surface area (Å²) in [5, 5.41) is -7.06. The normalized spacial score (nSPS) is 16.1. The first-order valence-corrected chi connectivity index (χ1v) is 6.50. The molecule has 0 radical (unpaired) electrons. The SMILES string of the molecule is CCCC(F)C(F)(F)C(F)(F)C(F)(F)C(F)(F)S(=O)(=O)[O-].[Na+]. The predicted octanol–water partition coefficient (Wildman–Crippen LogP) is 0.173. The largest absolute Gasteiger partial charge is 1.00 e. The van der Waals surface area contributed by atoms with E-state index in [4.69, 9.17) is 0 Å². The molecule has 0 saturated heterocycles. The molecule has 0 aromatic rings.